The molecule has 0 radical (unpaired) electrons. The monoisotopic (exact) mass is 502 g/mol. The lowest BCUT2D eigenvalue weighted by atomic mass is 9.49. The number of amides is 1. The van der Waals surface area contributed by atoms with Crippen molar-refractivity contribution in [3.05, 3.63) is 29.8 Å². The minimum atomic E-state index is -3.32. The van der Waals surface area contributed by atoms with E-state index in [2.05, 4.69) is 24.5 Å². The Kier molecular flexibility index (Phi) is 6.42. The topological polar surface area (TPSA) is 76.7 Å². The number of hydrogen-bond donors (Lipinski definition) is 2. The van der Waals surface area contributed by atoms with Crippen LogP contribution < -0.4 is 10.6 Å². The van der Waals surface area contributed by atoms with Gasteiger partial charge in [0.1, 0.15) is 5.78 Å². The summed E-state index contributed by atoms with van der Waals surface area (Å²) in [6.45, 7) is 11.6. The van der Waals surface area contributed by atoms with E-state index in [1.807, 2.05) is 45.0 Å². The molecule has 35 heavy (non-hydrogen) atoms. The zero-order valence-corrected chi connectivity index (χ0v) is 23.0. The van der Waals surface area contributed by atoms with Crippen LogP contribution in [0.5, 0.6) is 0 Å². The van der Waals surface area contributed by atoms with Gasteiger partial charge >= 0.3 is 7.60 Å². The lowest BCUT2D eigenvalue weighted by molar-refractivity contribution is -0.146. The largest absolute Gasteiger partial charge is 0.371 e. The van der Waals surface area contributed by atoms with Crippen molar-refractivity contribution in [1.82, 2.24) is 5.32 Å². The normalized spacial score (nSPS) is 33.8. The average molecular weight is 503 g/mol. The molecule has 7 heteroatoms. The molecular formula is C28H43N2O4P. The molecule has 6 rings (SSSR count). The third-order valence-corrected chi connectivity index (χ3v) is 11.2. The summed E-state index contributed by atoms with van der Waals surface area (Å²) in [7, 11) is -3.32. The fraction of sp³-hybridized carbons (Fsp3) is 0.750. The maximum absolute atomic E-state index is 13.6. The molecule has 1 saturated heterocycles. The number of carbonyl (C=O) groups excluding carboxylic acids is 1. The maximum atomic E-state index is 13.6. The van der Waals surface area contributed by atoms with Crippen LogP contribution in [0.25, 0.3) is 0 Å². The average Bonchev–Trinajstić information content (AvgIpc) is 2.77. The van der Waals surface area contributed by atoms with Crippen molar-refractivity contribution in [3.8, 4) is 0 Å². The number of hydrogen-bond acceptors (Lipinski definition) is 5. The fourth-order valence-corrected chi connectivity index (χ4v) is 9.85. The van der Waals surface area contributed by atoms with Gasteiger partial charge in [-0.2, -0.15) is 0 Å². The van der Waals surface area contributed by atoms with Crippen molar-refractivity contribution in [3.63, 3.8) is 0 Å². The highest BCUT2D eigenvalue weighted by Gasteiger charge is 2.54. The first-order chi connectivity index (χ1) is 16.4. The summed E-state index contributed by atoms with van der Waals surface area (Å²) < 4.78 is 25.3. The van der Waals surface area contributed by atoms with Crippen LogP contribution in [0.3, 0.4) is 0 Å². The summed E-state index contributed by atoms with van der Waals surface area (Å²) in [6, 6.07) is 8.04. The predicted molar refractivity (Wildman–Crippen MR) is 139 cm³/mol. The highest BCUT2D eigenvalue weighted by atomic mass is 31.2. The molecule has 1 amide bonds. The lowest BCUT2D eigenvalue weighted by Crippen LogP contribution is -2.53. The molecule has 0 aromatic heterocycles. The molecule has 4 aliphatic carbocycles. The van der Waals surface area contributed by atoms with Gasteiger partial charge in [0.15, 0.2) is 0 Å². The summed E-state index contributed by atoms with van der Waals surface area (Å²) in [6.07, 6.45) is 7.29. The Morgan fingerprint density at radius 2 is 1.51 bits per heavy atom. The Bertz CT molecular complexity index is 948. The molecule has 1 aliphatic heterocycles. The van der Waals surface area contributed by atoms with Crippen molar-refractivity contribution in [1.29, 1.82) is 0 Å². The molecule has 6 nitrogen and oxygen atoms in total. The number of rotatable bonds is 6. The van der Waals surface area contributed by atoms with Gasteiger partial charge in [-0.1, -0.05) is 46.8 Å². The molecule has 4 bridgehead atoms. The standard InChI is InChI=1S/C28H43N2O4P/c1-26(2,3)25(35(32)33-17-27(4,5)18-34-35)30-23-8-6-19(7-9-23)16-29-24(31)28-13-20-10-21(14-28)12-22(11-20)15-28/h6-9,20-22,25,30H,10-18H2,1-5H3,(H,29,31). The Balaban J connectivity index is 1.21. The van der Waals surface area contributed by atoms with Crippen LogP contribution in [0.4, 0.5) is 5.69 Å². The van der Waals surface area contributed by atoms with E-state index in [0.717, 1.165) is 48.3 Å². The summed E-state index contributed by atoms with van der Waals surface area (Å²) in [5.74, 6) is 2.10. The van der Waals surface area contributed by atoms with Gasteiger partial charge in [-0.05, 0) is 79.4 Å². The Morgan fingerprint density at radius 1 is 1.00 bits per heavy atom. The number of carbonyl (C=O) groups is 1. The highest BCUT2D eigenvalue weighted by Crippen LogP contribution is 2.62. The molecular weight excluding hydrogens is 459 g/mol. The van der Waals surface area contributed by atoms with Gasteiger partial charge < -0.3 is 19.7 Å². The predicted octanol–water partition coefficient (Wildman–Crippen LogP) is 6.57. The molecule has 0 spiro atoms. The van der Waals surface area contributed by atoms with E-state index in [9.17, 15) is 9.36 Å². The van der Waals surface area contributed by atoms with E-state index in [0.29, 0.717) is 19.8 Å². The van der Waals surface area contributed by atoms with E-state index in [1.165, 1.54) is 19.3 Å². The zero-order valence-electron chi connectivity index (χ0n) is 22.1. The van der Waals surface area contributed by atoms with Gasteiger partial charge in [0.25, 0.3) is 0 Å². The van der Waals surface area contributed by atoms with Crippen molar-refractivity contribution < 1.29 is 18.4 Å². The van der Waals surface area contributed by atoms with E-state index in [4.69, 9.17) is 9.05 Å². The second kappa shape index (κ2) is 8.89. The Morgan fingerprint density at radius 3 is 2.00 bits per heavy atom. The molecule has 4 saturated carbocycles. The summed E-state index contributed by atoms with van der Waals surface area (Å²) in [5, 5.41) is 6.70. The van der Waals surface area contributed by atoms with Crippen LogP contribution in [0.15, 0.2) is 24.3 Å². The van der Waals surface area contributed by atoms with Gasteiger partial charge in [-0.15, -0.1) is 0 Å². The molecule has 1 unspecified atom stereocenters. The second-order valence-electron chi connectivity index (χ2n) is 13.7. The minimum absolute atomic E-state index is 0.114. The molecule has 2 N–H and O–H groups in total. The number of benzene rings is 1. The molecule has 1 aromatic rings. The lowest BCUT2D eigenvalue weighted by Gasteiger charge is -2.55. The van der Waals surface area contributed by atoms with E-state index < -0.39 is 13.4 Å². The summed E-state index contributed by atoms with van der Waals surface area (Å²) in [4.78, 5) is 13.3. The maximum Gasteiger partial charge on any atom is 0.353 e. The minimum Gasteiger partial charge on any atom is -0.371 e. The first kappa shape index (κ1) is 25.3. The van der Waals surface area contributed by atoms with Crippen molar-refractivity contribution in [2.24, 2.45) is 34.0 Å². The van der Waals surface area contributed by atoms with Crippen molar-refractivity contribution in [2.75, 3.05) is 18.5 Å². The molecule has 1 heterocycles. The van der Waals surface area contributed by atoms with Crippen molar-refractivity contribution in [2.45, 2.75) is 85.5 Å². The second-order valence-corrected chi connectivity index (χ2v) is 15.9. The molecule has 1 aromatic carbocycles. The van der Waals surface area contributed by atoms with E-state index in [1.54, 1.807) is 0 Å². The van der Waals surface area contributed by atoms with Gasteiger partial charge in [0, 0.05) is 23.1 Å². The quantitative estimate of drug-likeness (QED) is 0.430. The van der Waals surface area contributed by atoms with E-state index in [-0.39, 0.29) is 22.2 Å². The van der Waals surface area contributed by atoms with E-state index >= 15 is 0 Å². The Hall–Kier alpha value is -1.36. The van der Waals surface area contributed by atoms with Crippen LogP contribution in [-0.2, 0) is 25.0 Å². The highest BCUT2D eigenvalue weighted by molar-refractivity contribution is 7.54. The molecule has 5 fully saturated rings. The zero-order chi connectivity index (χ0) is 25.1. The smallest absolute Gasteiger partial charge is 0.353 e. The van der Waals surface area contributed by atoms with Crippen LogP contribution >= 0.6 is 7.60 Å². The van der Waals surface area contributed by atoms with Crippen molar-refractivity contribution >= 4 is 19.2 Å². The van der Waals surface area contributed by atoms with Crippen LogP contribution in [0.2, 0.25) is 0 Å². The van der Waals surface area contributed by atoms with Crippen LogP contribution in [0.1, 0.15) is 78.7 Å². The fourth-order valence-electron chi connectivity index (χ4n) is 7.16. The van der Waals surface area contributed by atoms with Gasteiger partial charge in [0.05, 0.1) is 13.2 Å². The SMILES string of the molecule is CC1(C)COP(=O)(C(Nc2ccc(CNC(=O)C34CC5CC(CC(C5)C3)C4)cc2)C(C)(C)C)OC1. The number of anilines is 1. The summed E-state index contributed by atoms with van der Waals surface area (Å²) in [5.41, 5.74) is 1.35. The van der Waals surface area contributed by atoms with Gasteiger partial charge in [-0.25, -0.2) is 0 Å². The molecule has 194 valence electrons. The Labute approximate surface area is 210 Å². The third kappa shape index (κ3) is 5.22. The molecule has 1 atom stereocenters. The van der Waals surface area contributed by atoms with Gasteiger partial charge in [0.2, 0.25) is 5.91 Å². The first-order valence-corrected chi connectivity index (χ1v) is 15.0. The molecule has 5 aliphatic rings. The van der Waals surface area contributed by atoms with Crippen LogP contribution in [-0.4, -0.2) is 24.9 Å². The van der Waals surface area contributed by atoms with Crippen LogP contribution in [0, 0.1) is 34.0 Å². The van der Waals surface area contributed by atoms with Gasteiger partial charge in [-0.3, -0.25) is 9.36 Å². The third-order valence-electron chi connectivity index (χ3n) is 8.64. The first-order valence-electron chi connectivity index (χ1n) is 13.4. The summed E-state index contributed by atoms with van der Waals surface area (Å²) >= 11 is 0. The number of nitrogens with one attached hydrogen (secondary N) is 2.